The third kappa shape index (κ3) is 5.04. The molecule has 4 rings (SSSR count). The topological polar surface area (TPSA) is 160 Å². The number of aryl methyl sites for hydroxylation is 1. The van der Waals surface area contributed by atoms with E-state index in [1.54, 1.807) is 44.4 Å². The SMILES string of the molecule is COc1ccc(-c2nnc3ccc(OCCNS(=O)(=O)c4cc([N+](=O)[O-])ccc4C)nn23)c(OC)c1. The molecule has 0 aliphatic heterocycles. The Balaban J connectivity index is 1.48. The van der Waals surface area contributed by atoms with Crippen LogP contribution >= 0.6 is 0 Å². The van der Waals surface area contributed by atoms with Crippen molar-refractivity contribution in [2.45, 2.75) is 11.8 Å². The van der Waals surface area contributed by atoms with Gasteiger partial charge in [-0.15, -0.1) is 15.3 Å². The molecule has 0 aliphatic carbocycles. The highest BCUT2D eigenvalue weighted by Crippen LogP contribution is 2.32. The molecular weight excluding hydrogens is 492 g/mol. The van der Waals surface area contributed by atoms with E-state index < -0.39 is 14.9 Å². The summed E-state index contributed by atoms with van der Waals surface area (Å²) in [6.07, 6.45) is 0. The molecule has 188 valence electrons. The fraction of sp³-hybridized carbons (Fsp3) is 0.227. The van der Waals surface area contributed by atoms with E-state index >= 15 is 0 Å². The van der Waals surface area contributed by atoms with Crippen LogP contribution in [0.25, 0.3) is 17.0 Å². The van der Waals surface area contributed by atoms with Gasteiger partial charge in [-0.25, -0.2) is 13.1 Å². The van der Waals surface area contributed by atoms with E-state index in [-0.39, 0.29) is 29.6 Å². The van der Waals surface area contributed by atoms with Gasteiger partial charge in [-0.3, -0.25) is 10.1 Å². The molecule has 0 spiro atoms. The molecule has 0 aliphatic rings. The highest BCUT2D eigenvalue weighted by Gasteiger charge is 2.20. The van der Waals surface area contributed by atoms with Crippen molar-refractivity contribution < 1.29 is 27.6 Å². The van der Waals surface area contributed by atoms with Gasteiger partial charge in [0.15, 0.2) is 11.5 Å². The lowest BCUT2D eigenvalue weighted by molar-refractivity contribution is -0.385. The number of non-ortho nitro benzene ring substituents is 1. The van der Waals surface area contributed by atoms with Gasteiger partial charge in [0.25, 0.3) is 5.69 Å². The zero-order valence-electron chi connectivity index (χ0n) is 19.5. The smallest absolute Gasteiger partial charge is 0.270 e. The average Bonchev–Trinajstić information content (AvgIpc) is 3.29. The molecule has 0 atom stereocenters. The van der Waals surface area contributed by atoms with Crippen LogP contribution in [0, 0.1) is 17.0 Å². The summed E-state index contributed by atoms with van der Waals surface area (Å²) in [6.45, 7) is 1.42. The Bertz CT molecular complexity index is 1540. The largest absolute Gasteiger partial charge is 0.497 e. The molecule has 1 N–H and O–H groups in total. The first-order valence-corrected chi connectivity index (χ1v) is 12.0. The standard InChI is InChI=1S/C22H22N6O7S/c1-14-4-5-15(28(29)30)12-19(14)36(31,32)23-10-11-35-21-9-8-20-24-25-22(27(20)26-21)17-7-6-16(33-2)13-18(17)34-3/h4-9,12-13,23H,10-11H2,1-3H3. The summed E-state index contributed by atoms with van der Waals surface area (Å²) >= 11 is 0. The minimum absolute atomic E-state index is 0.0466. The van der Waals surface area contributed by atoms with Crippen molar-refractivity contribution >= 4 is 21.4 Å². The summed E-state index contributed by atoms with van der Waals surface area (Å²) in [5.41, 5.74) is 1.18. The number of methoxy groups -OCH3 is 2. The first-order valence-electron chi connectivity index (χ1n) is 10.6. The number of nitrogens with one attached hydrogen (secondary N) is 1. The van der Waals surface area contributed by atoms with E-state index in [1.807, 2.05) is 0 Å². The quantitative estimate of drug-likeness (QED) is 0.189. The van der Waals surface area contributed by atoms with Gasteiger partial charge in [0.2, 0.25) is 15.9 Å². The molecule has 0 bridgehead atoms. The second-order valence-electron chi connectivity index (χ2n) is 7.48. The fourth-order valence-electron chi connectivity index (χ4n) is 3.40. The number of sulfonamides is 1. The Morgan fingerprint density at radius 3 is 2.58 bits per heavy atom. The summed E-state index contributed by atoms with van der Waals surface area (Å²) in [4.78, 5) is 10.2. The number of aromatic nitrogens is 4. The normalized spacial score (nSPS) is 11.4. The maximum atomic E-state index is 12.6. The second kappa shape index (κ2) is 10.1. The predicted octanol–water partition coefficient (Wildman–Crippen LogP) is 2.38. The van der Waals surface area contributed by atoms with Gasteiger partial charge >= 0.3 is 0 Å². The zero-order valence-corrected chi connectivity index (χ0v) is 20.4. The van der Waals surface area contributed by atoms with Crippen molar-refractivity contribution in [2.24, 2.45) is 0 Å². The maximum absolute atomic E-state index is 12.6. The van der Waals surface area contributed by atoms with Crippen LogP contribution in [0.5, 0.6) is 17.4 Å². The molecule has 0 radical (unpaired) electrons. The molecule has 14 heteroatoms. The molecule has 0 saturated heterocycles. The van der Waals surface area contributed by atoms with Gasteiger partial charge in [0, 0.05) is 30.8 Å². The third-order valence-electron chi connectivity index (χ3n) is 5.20. The predicted molar refractivity (Wildman–Crippen MR) is 128 cm³/mol. The molecule has 0 unspecified atom stereocenters. The Morgan fingerprint density at radius 2 is 1.86 bits per heavy atom. The van der Waals surface area contributed by atoms with Crippen molar-refractivity contribution in [1.29, 1.82) is 0 Å². The summed E-state index contributed by atoms with van der Waals surface area (Å²) in [5, 5.41) is 23.7. The monoisotopic (exact) mass is 514 g/mol. The van der Waals surface area contributed by atoms with Crippen LogP contribution in [0.1, 0.15) is 5.56 Å². The number of nitro benzene ring substituents is 1. The van der Waals surface area contributed by atoms with Gasteiger partial charge in [-0.2, -0.15) is 4.52 Å². The second-order valence-corrected chi connectivity index (χ2v) is 9.22. The molecule has 4 aromatic rings. The van der Waals surface area contributed by atoms with Crippen LogP contribution in [-0.2, 0) is 10.0 Å². The number of rotatable bonds is 10. The zero-order chi connectivity index (χ0) is 25.9. The molecule has 2 heterocycles. The van der Waals surface area contributed by atoms with Crippen molar-refractivity contribution in [2.75, 3.05) is 27.4 Å². The lowest BCUT2D eigenvalue weighted by atomic mass is 10.2. The van der Waals surface area contributed by atoms with E-state index in [0.29, 0.717) is 34.1 Å². The van der Waals surface area contributed by atoms with Gasteiger partial charge in [-0.1, -0.05) is 6.07 Å². The molecule has 0 amide bonds. The van der Waals surface area contributed by atoms with E-state index in [2.05, 4.69) is 20.0 Å². The molecule has 0 saturated carbocycles. The van der Waals surface area contributed by atoms with Crippen LogP contribution in [0.15, 0.2) is 53.4 Å². The van der Waals surface area contributed by atoms with E-state index in [9.17, 15) is 18.5 Å². The van der Waals surface area contributed by atoms with Crippen LogP contribution in [-0.4, -0.2) is 60.5 Å². The minimum Gasteiger partial charge on any atom is -0.497 e. The minimum atomic E-state index is -3.99. The Hall–Kier alpha value is -4.30. The number of nitrogens with zero attached hydrogens (tertiary/aromatic N) is 5. The average molecular weight is 515 g/mol. The Morgan fingerprint density at radius 1 is 1.06 bits per heavy atom. The van der Waals surface area contributed by atoms with Gasteiger partial charge < -0.3 is 14.2 Å². The summed E-state index contributed by atoms with van der Waals surface area (Å²) in [7, 11) is -0.907. The van der Waals surface area contributed by atoms with Crippen molar-refractivity contribution in [3.8, 4) is 28.8 Å². The molecule has 2 aromatic carbocycles. The summed E-state index contributed by atoms with van der Waals surface area (Å²) < 4.78 is 45.4. The van der Waals surface area contributed by atoms with Crippen LogP contribution in [0.3, 0.4) is 0 Å². The molecule has 36 heavy (non-hydrogen) atoms. The summed E-state index contributed by atoms with van der Waals surface area (Å²) in [6, 6.07) is 12.1. The molecular formula is C22H22N6O7S. The van der Waals surface area contributed by atoms with Crippen molar-refractivity contribution in [1.82, 2.24) is 24.5 Å². The van der Waals surface area contributed by atoms with Crippen LogP contribution in [0.4, 0.5) is 5.69 Å². The number of hydrogen-bond donors (Lipinski definition) is 1. The third-order valence-corrected chi connectivity index (χ3v) is 6.81. The summed E-state index contributed by atoms with van der Waals surface area (Å²) in [5.74, 6) is 1.75. The van der Waals surface area contributed by atoms with Crippen LogP contribution < -0.4 is 18.9 Å². The molecule has 2 aromatic heterocycles. The van der Waals surface area contributed by atoms with Gasteiger partial charge in [0.05, 0.1) is 29.6 Å². The van der Waals surface area contributed by atoms with E-state index in [0.717, 1.165) is 6.07 Å². The lowest BCUT2D eigenvalue weighted by Gasteiger charge is -2.11. The number of ether oxygens (including phenoxy) is 3. The Kier molecular flexibility index (Phi) is 6.98. The van der Waals surface area contributed by atoms with E-state index in [4.69, 9.17) is 14.2 Å². The first kappa shape index (κ1) is 24.8. The van der Waals surface area contributed by atoms with E-state index in [1.165, 1.54) is 23.8 Å². The molecule has 0 fully saturated rings. The number of hydrogen-bond acceptors (Lipinski definition) is 10. The molecule has 13 nitrogen and oxygen atoms in total. The van der Waals surface area contributed by atoms with Crippen molar-refractivity contribution in [3.05, 3.63) is 64.2 Å². The lowest BCUT2D eigenvalue weighted by Crippen LogP contribution is -2.29. The van der Waals surface area contributed by atoms with Crippen LogP contribution in [0.2, 0.25) is 0 Å². The maximum Gasteiger partial charge on any atom is 0.270 e. The first-order chi connectivity index (χ1) is 17.2. The van der Waals surface area contributed by atoms with Gasteiger partial charge in [-0.05, 0) is 30.7 Å². The van der Waals surface area contributed by atoms with Gasteiger partial charge in [0.1, 0.15) is 18.1 Å². The number of nitro groups is 1. The number of fused-ring (bicyclic) bond motifs is 1. The fourth-order valence-corrected chi connectivity index (χ4v) is 4.68. The Labute approximate surface area is 205 Å². The van der Waals surface area contributed by atoms with Crippen molar-refractivity contribution in [3.63, 3.8) is 0 Å². The highest BCUT2D eigenvalue weighted by molar-refractivity contribution is 7.89. The number of benzene rings is 2. The highest BCUT2D eigenvalue weighted by atomic mass is 32.2.